The largest absolute Gasteiger partial charge is 0.493 e. The van der Waals surface area contributed by atoms with E-state index in [0.29, 0.717) is 17.3 Å². The van der Waals surface area contributed by atoms with Crippen LogP contribution in [0.2, 0.25) is 5.02 Å². The molecular formula is C16H14ClNO2. The minimum Gasteiger partial charge on any atom is -0.493 e. The van der Waals surface area contributed by atoms with Gasteiger partial charge < -0.3 is 4.74 Å². The Bertz CT molecular complexity index is 682. The Hall–Kier alpha value is -1.87. The standard InChI is InChI=1S/C16H14ClNO2/c1-10-3-2-4-14(18-10)15(19)9-12-8-13(17)7-11-5-6-20-16(11)12/h2-4,7-8H,5-6,9H2,1H3. The quantitative estimate of drug-likeness (QED) is 0.812. The lowest BCUT2D eigenvalue weighted by molar-refractivity contribution is 0.0987. The van der Waals surface area contributed by atoms with Crippen molar-refractivity contribution in [1.29, 1.82) is 0 Å². The second-order valence-electron chi connectivity index (χ2n) is 4.92. The van der Waals surface area contributed by atoms with Gasteiger partial charge in [-0.1, -0.05) is 17.7 Å². The normalized spacial score (nSPS) is 12.9. The summed E-state index contributed by atoms with van der Waals surface area (Å²) in [5.74, 6) is 0.795. The highest BCUT2D eigenvalue weighted by molar-refractivity contribution is 6.30. The van der Waals surface area contributed by atoms with E-state index in [1.54, 1.807) is 12.1 Å². The number of halogens is 1. The summed E-state index contributed by atoms with van der Waals surface area (Å²) in [6.07, 6.45) is 1.11. The fourth-order valence-corrected chi connectivity index (χ4v) is 2.70. The zero-order chi connectivity index (χ0) is 14.1. The molecule has 0 aliphatic carbocycles. The van der Waals surface area contributed by atoms with E-state index in [-0.39, 0.29) is 12.2 Å². The molecule has 0 radical (unpaired) electrons. The number of carbonyl (C=O) groups is 1. The smallest absolute Gasteiger partial charge is 0.185 e. The van der Waals surface area contributed by atoms with E-state index in [4.69, 9.17) is 16.3 Å². The van der Waals surface area contributed by atoms with Gasteiger partial charge in [0.2, 0.25) is 0 Å². The van der Waals surface area contributed by atoms with Gasteiger partial charge in [-0.15, -0.1) is 0 Å². The van der Waals surface area contributed by atoms with Gasteiger partial charge in [0.05, 0.1) is 6.61 Å². The number of rotatable bonds is 3. The molecule has 1 aromatic carbocycles. The highest BCUT2D eigenvalue weighted by atomic mass is 35.5. The third-order valence-electron chi connectivity index (χ3n) is 3.35. The van der Waals surface area contributed by atoms with Gasteiger partial charge in [0, 0.05) is 29.1 Å². The van der Waals surface area contributed by atoms with E-state index in [9.17, 15) is 4.79 Å². The van der Waals surface area contributed by atoms with Gasteiger partial charge in [0.25, 0.3) is 0 Å². The van der Waals surface area contributed by atoms with Crippen molar-refractivity contribution >= 4 is 17.4 Å². The van der Waals surface area contributed by atoms with Crippen LogP contribution in [0.25, 0.3) is 0 Å². The summed E-state index contributed by atoms with van der Waals surface area (Å²) >= 11 is 6.10. The maximum absolute atomic E-state index is 12.3. The summed E-state index contributed by atoms with van der Waals surface area (Å²) in [6, 6.07) is 9.16. The molecule has 0 amide bonds. The number of fused-ring (bicyclic) bond motifs is 1. The van der Waals surface area contributed by atoms with Gasteiger partial charge in [0.15, 0.2) is 5.78 Å². The van der Waals surface area contributed by atoms with Gasteiger partial charge in [-0.3, -0.25) is 9.78 Å². The molecule has 0 fully saturated rings. The van der Waals surface area contributed by atoms with Gasteiger partial charge in [-0.2, -0.15) is 0 Å². The summed E-state index contributed by atoms with van der Waals surface area (Å²) < 4.78 is 5.61. The van der Waals surface area contributed by atoms with E-state index in [2.05, 4.69) is 4.98 Å². The molecule has 3 nitrogen and oxygen atoms in total. The Balaban J connectivity index is 1.90. The summed E-state index contributed by atoms with van der Waals surface area (Å²) in [5, 5.41) is 0.647. The molecule has 3 rings (SSSR count). The molecule has 0 unspecified atom stereocenters. The van der Waals surface area contributed by atoms with E-state index >= 15 is 0 Å². The maximum Gasteiger partial charge on any atom is 0.185 e. The van der Waals surface area contributed by atoms with Crippen LogP contribution in [0.5, 0.6) is 5.75 Å². The average Bonchev–Trinajstić information content (AvgIpc) is 2.86. The van der Waals surface area contributed by atoms with Crippen molar-refractivity contribution in [2.75, 3.05) is 6.61 Å². The Kier molecular flexibility index (Phi) is 3.45. The van der Waals surface area contributed by atoms with Gasteiger partial charge in [0.1, 0.15) is 11.4 Å². The summed E-state index contributed by atoms with van der Waals surface area (Å²) in [4.78, 5) is 16.6. The molecule has 102 valence electrons. The first-order valence-electron chi connectivity index (χ1n) is 6.54. The summed E-state index contributed by atoms with van der Waals surface area (Å²) in [5.41, 5.74) is 3.25. The Morgan fingerprint density at radius 1 is 1.40 bits per heavy atom. The Labute approximate surface area is 122 Å². The fraction of sp³-hybridized carbons (Fsp3) is 0.250. The third kappa shape index (κ3) is 2.54. The van der Waals surface area contributed by atoms with Crippen LogP contribution >= 0.6 is 11.6 Å². The van der Waals surface area contributed by atoms with Gasteiger partial charge in [-0.05, 0) is 36.8 Å². The van der Waals surface area contributed by atoms with Gasteiger partial charge >= 0.3 is 0 Å². The van der Waals surface area contributed by atoms with E-state index in [1.807, 2.05) is 25.1 Å². The predicted octanol–water partition coefficient (Wildman–Crippen LogP) is 3.40. The van der Waals surface area contributed by atoms with E-state index in [1.165, 1.54) is 0 Å². The van der Waals surface area contributed by atoms with Gasteiger partial charge in [-0.25, -0.2) is 0 Å². The van der Waals surface area contributed by atoms with Crippen LogP contribution in [0.3, 0.4) is 0 Å². The molecule has 2 heterocycles. The number of benzene rings is 1. The number of Topliss-reactive ketones (excluding diaryl/α,β-unsaturated/α-hetero) is 1. The van der Waals surface area contributed by atoms with Crippen LogP contribution in [-0.4, -0.2) is 17.4 Å². The molecular weight excluding hydrogens is 274 g/mol. The molecule has 0 N–H and O–H groups in total. The second-order valence-corrected chi connectivity index (χ2v) is 5.35. The average molecular weight is 288 g/mol. The Morgan fingerprint density at radius 3 is 3.05 bits per heavy atom. The van der Waals surface area contributed by atoms with Crippen LogP contribution in [-0.2, 0) is 12.8 Å². The second kappa shape index (κ2) is 5.25. The zero-order valence-electron chi connectivity index (χ0n) is 11.1. The maximum atomic E-state index is 12.3. The van der Waals surface area contributed by atoms with Crippen LogP contribution in [0.4, 0.5) is 0 Å². The lowest BCUT2D eigenvalue weighted by Gasteiger charge is -2.08. The van der Waals surface area contributed by atoms with Crippen LogP contribution in [0.15, 0.2) is 30.3 Å². The van der Waals surface area contributed by atoms with E-state index < -0.39 is 0 Å². The molecule has 20 heavy (non-hydrogen) atoms. The monoisotopic (exact) mass is 287 g/mol. The topological polar surface area (TPSA) is 39.2 Å². The minimum absolute atomic E-state index is 0.0198. The first-order chi connectivity index (χ1) is 9.63. The summed E-state index contributed by atoms with van der Waals surface area (Å²) in [7, 11) is 0. The number of hydrogen-bond acceptors (Lipinski definition) is 3. The lowest BCUT2D eigenvalue weighted by Crippen LogP contribution is -2.07. The van der Waals surface area contributed by atoms with Crippen molar-refractivity contribution in [3.63, 3.8) is 0 Å². The number of pyridine rings is 1. The van der Waals surface area contributed by atoms with Crippen molar-refractivity contribution in [3.05, 3.63) is 57.9 Å². The molecule has 2 aromatic rings. The van der Waals surface area contributed by atoms with Crippen molar-refractivity contribution in [1.82, 2.24) is 4.98 Å². The van der Waals surface area contributed by atoms with Crippen molar-refractivity contribution in [2.24, 2.45) is 0 Å². The Morgan fingerprint density at radius 2 is 2.25 bits per heavy atom. The van der Waals surface area contributed by atoms with Crippen molar-refractivity contribution in [2.45, 2.75) is 19.8 Å². The minimum atomic E-state index is -0.0198. The lowest BCUT2D eigenvalue weighted by atomic mass is 10.0. The number of aromatic nitrogens is 1. The molecule has 0 spiro atoms. The fourth-order valence-electron chi connectivity index (χ4n) is 2.44. The van der Waals surface area contributed by atoms with Crippen LogP contribution in [0.1, 0.15) is 27.3 Å². The van der Waals surface area contributed by atoms with Crippen molar-refractivity contribution in [3.8, 4) is 5.75 Å². The highest BCUT2D eigenvalue weighted by Crippen LogP contribution is 2.33. The third-order valence-corrected chi connectivity index (χ3v) is 3.57. The van der Waals surface area contributed by atoms with E-state index in [0.717, 1.165) is 29.0 Å². The molecule has 0 saturated carbocycles. The molecule has 4 heteroatoms. The molecule has 1 aliphatic rings. The first kappa shape index (κ1) is 13.1. The summed E-state index contributed by atoms with van der Waals surface area (Å²) in [6.45, 7) is 2.52. The first-order valence-corrected chi connectivity index (χ1v) is 6.92. The molecule has 0 atom stereocenters. The SMILES string of the molecule is Cc1cccc(C(=O)Cc2cc(Cl)cc3c2OCC3)n1. The molecule has 0 saturated heterocycles. The number of carbonyl (C=O) groups excluding carboxylic acids is 1. The highest BCUT2D eigenvalue weighted by Gasteiger charge is 2.20. The van der Waals surface area contributed by atoms with Crippen LogP contribution in [0, 0.1) is 6.92 Å². The number of ketones is 1. The number of ether oxygens (including phenoxy) is 1. The molecule has 1 aliphatic heterocycles. The number of aryl methyl sites for hydroxylation is 1. The van der Waals surface area contributed by atoms with Crippen LogP contribution < -0.4 is 4.74 Å². The number of nitrogens with zero attached hydrogens (tertiary/aromatic N) is 1. The predicted molar refractivity (Wildman–Crippen MR) is 77.7 cm³/mol. The molecule has 0 bridgehead atoms. The molecule has 1 aromatic heterocycles. The number of hydrogen-bond donors (Lipinski definition) is 0. The van der Waals surface area contributed by atoms with Crippen molar-refractivity contribution < 1.29 is 9.53 Å². The zero-order valence-corrected chi connectivity index (χ0v) is 11.9.